The highest BCUT2D eigenvalue weighted by Gasteiger charge is 2.14. The summed E-state index contributed by atoms with van der Waals surface area (Å²) in [5.41, 5.74) is 2.30. The lowest BCUT2D eigenvalue weighted by molar-refractivity contribution is -0.121. The van der Waals surface area contributed by atoms with Crippen molar-refractivity contribution in [1.82, 2.24) is 29.6 Å². The van der Waals surface area contributed by atoms with Crippen molar-refractivity contribution in [2.24, 2.45) is 0 Å². The molecule has 1 N–H and O–H groups in total. The van der Waals surface area contributed by atoms with Gasteiger partial charge in [-0.25, -0.2) is 9.37 Å². The summed E-state index contributed by atoms with van der Waals surface area (Å²) in [5, 5.41) is 16.3. The molecule has 0 saturated carbocycles. The third kappa shape index (κ3) is 5.25. The molecule has 3 heterocycles. The number of pyridine rings is 1. The number of benzene rings is 1. The highest BCUT2D eigenvalue weighted by molar-refractivity contribution is 6.32. The Bertz CT molecular complexity index is 1300. The van der Waals surface area contributed by atoms with Crippen molar-refractivity contribution in [3.8, 4) is 23.0 Å². The molecule has 0 aliphatic heterocycles. The Balaban J connectivity index is 1.35. The minimum absolute atomic E-state index is 0.0358. The number of nitrogens with one attached hydrogen (secondary N) is 1. The van der Waals surface area contributed by atoms with Crippen molar-refractivity contribution in [2.45, 2.75) is 25.9 Å². The Morgan fingerprint density at radius 1 is 1.36 bits per heavy atom. The number of hydrogen-bond acceptors (Lipinski definition) is 5. The average molecular weight is 464 g/mol. The Morgan fingerprint density at radius 3 is 2.94 bits per heavy atom. The second kappa shape index (κ2) is 9.63. The number of rotatable bonds is 7. The summed E-state index contributed by atoms with van der Waals surface area (Å²) < 4.78 is 17.5. The van der Waals surface area contributed by atoms with Gasteiger partial charge in [0.25, 0.3) is 0 Å². The van der Waals surface area contributed by atoms with Crippen LogP contribution in [0.3, 0.4) is 0 Å². The third-order valence-corrected chi connectivity index (χ3v) is 5.18. The van der Waals surface area contributed by atoms with Gasteiger partial charge < -0.3 is 9.88 Å². The molecule has 0 saturated heterocycles. The predicted octanol–water partition coefficient (Wildman–Crippen LogP) is 3.54. The molecule has 0 spiro atoms. The van der Waals surface area contributed by atoms with E-state index in [-0.39, 0.29) is 29.0 Å². The zero-order chi connectivity index (χ0) is 23.4. The van der Waals surface area contributed by atoms with Crippen LogP contribution in [-0.2, 0) is 17.8 Å². The summed E-state index contributed by atoms with van der Waals surface area (Å²) in [6.45, 7) is 2.29. The zero-order valence-electron chi connectivity index (χ0n) is 17.6. The normalized spacial score (nSPS) is 11.7. The molecule has 166 valence electrons. The maximum absolute atomic E-state index is 14.0. The van der Waals surface area contributed by atoms with Crippen molar-refractivity contribution in [3.63, 3.8) is 0 Å². The Morgan fingerprint density at radius 2 is 2.21 bits per heavy atom. The molecule has 0 aliphatic rings. The molecule has 0 radical (unpaired) electrons. The van der Waals surface area contributed by atoms with Crippen molar-refractivity contribution in [1.29, 1.82) is 5.26 Å². The number of nitrogens with zero attached hydrogens (tertiary/aromatic N) is 6. The molecule has 8 nitrogen and oxygen atoms in total. The highest BCUT2D eigenvalue weighted by atomic mass is 35.5. The van der Waals surface area contributed by atoms with E-state index in [1.807, 2.05) is 23.6 Å². The van der Waals surface area contributed by atoms with E-state index >= 15 is 0 Å². The summed E-state index contributed by atoms with van der Waals surface area (Å²) in [5.74, 6) is -0.853. The smallest absolute Gasteiger partial charge is 0.226 e. The number of carbonyl (C=O) groups is 1. The first kappa shape index (κ1) is 22.2. The van der Waals surface area contributed by atoms with E-state index in [0.29, 0.717) is 23.5 Å². The molecule has 1 atom stereocenters. The van der Waals surface area contributed by atoms with E-state index in [9.17, 15) is 9.18 Å². The van der Waals surface area contributed by atoms with E-state index in [0.717, 1.165) is 5.69 Å². The van der Waals surface area contributed by atoms with E-state index in [1.54, 1.807) is 47.9 Å². The molecule has 0 bridgehead atoms. The lowest BCUT2D eigenvalue weighted by atomic mass is 10.1. The maximum Gasteiger partial charge on any atom is 0.226 e. The van der Waals surface area contributed by atoms with Gasteiger partial charge in [0.2, 0.25) is 5.91 Å². The monoisotopic (exact) mass is 463 g/mol. The molecule has 33 heavy (non-hydrogen) atoms. The maximum atomic E-state index is 14.0. The summed E-state index contributed by atoms with van der Waals surface area (Å²) in [6.07, 6.45) is 8.72. The fraction of sp³-hybridized carbons (Fsp3) is 0.174. The minimum Gasteiger partial charge on any atom is -0.351 e. The second-order valence-corrected chi connectivity index (χ2v) is 7.89. The van der Waals surface area contributed by atoms with Gasteiger partial charge in [-0.3, -0.25) is 14.5 Å². The SMILES string of the molecule is C[C@@H](Cn1ccc(-c2cc(F)c(C#N)c(Cl)c2)n1)NC(=O)Cc1cn(-c2cccnc2)cn1. The zero-order valence-corrected chi connectivity index (χ0v) is 18.4. The van der Waals surface area contributed by atoms with Gasteiger partial charge in [-0.1, -0.05) is 11.6 Å². The average Bonchev–Trinajstić information content (AvgIpc) is 3.44. The first-order chi connectivity index (χ1) is 15.9. The summed E-state index contributed by atoms with van der Waals surface area (Å²) in [7, 11) is 0. The van der Waals surface area contributed by atoms with E-state index < -0.39 is 5.82 Å². The molecule has 0 aliphatic carbocycles. The number of nitriles is 1. The van der Waals surface area contributed by atoms with Crippen LogP contribution in [0.4, 0.5) is 4.39 Å². The van der Waals surface area contributed by atoms with E-state index in [4.69, 9.17) is 16.9 Å². The molecule has 0 unspecified atom stereocenters. The van der Waals surface area contributed by atoms with Crippen molar-refractivity contribution < 1.29 is 9.18 Å². The van der Waals surface area contributed by atoms with Crippen molar-refractivity contribution in [2.75, 3.05) is 0 Å². The second-order valence-electron chi connectivity index (χ2n) is 7.48. The molecule has 0 fully saturated rings. The van der Waals surface area contributed by atoms with Crippen LogP contribution in [0.2, 0.25) is 5.02 Å². The minimum atomic E-state index is -0.693. The Hall–Kier alpha value is -4.03. The molecular formula is C23H19ClFN7O. The van der Waals surface area contributed by atoms with Crippen LogP contribution in [0.1, 0.15) is 18.2 Å². The van der Waals surface area contributed by atoms with E-state index in [2.05, 4.69) is 20.4 Å². The van der Waals surface area contributed by atoms with Gasteiger partial charge in [-0.2, -0.15) is 10.4 Å². The molecule has 4 rings (SSSR count). The van der Waals surface area contributed by atoms with E-state index in [1.165, 1.54) is 12.1 Å². The molecular weight excluding hydrogens is 445 g/mol. The fourth-order valence-electron chi connectivity index (χ4n) is 3.36. The molecule has 10 heteroatoms. The van der Waals surface area contributed by atoms with Crippen LogP contribution in [0, 0.1) is 17.1 Å². The van der Waals surface area contributed by atoms with Crippen LogP contribution in [0.5, 0.6) is 0 Å². The Labute approximate surface area is 194 Å². The first-order valence-corrected chi connectivity index (χ1v) is 10.5. The number of carbonyl (C=O) groups excluding carboxylic acids is 1. The van der Waals surface area contributed by atoms with Crippen LogP contribution < -0.4 is 5.32 Å². The Kier molecular flexibility index (Phi) is 6.47. The highest BCUT2D eigenvalue weighted by Crippen LogP contribution is 2.26. The number of imidazole rings is 1. The standard InChI is InChI=1S/C23H19ClFN7O/c1-15(29-23(33)9-17-13-31(14-28-17)18-3-2-5-27-11-18)12-32-6-4-22(30-32)16-7-20(24)19(10-26)21(25)8-16/h2-8,11,13-15H,9,12H2,1H3,(H,29,33)/t15-/m0/s1. The number of halogens is 2. The van der Waals surface area contributed by atoms with Gasteiger partial charge in [0.05, 0.1) is 47.6 Å². The number of aromatic nitrogens is 5. The lowest BCUT2D eigenvalue weighted by Gasteiger charge is -2.13. The first-order valence-electron chi connectivity index (χ1n) is 10.1. The van der Waals surface area contributed by atoms with Crippen LogP contribution in [0.15, 0.2) is 61.4 Å². The topological polar surface area (TPSA) is 101 Å². The van der Waals surface area contributed by atoms with Crippen LogP contribution >= 0.6 is 11.6 Å². The quantitative estimate of drug-likeness (QED) is 0.451. The van der Waals surface area contributed by atoms with Gasteiger partial charge in [-0.05, 0) is 37.3 Å². The van der Waals surface area contributed by atoms with Gasteiger partial charge in [-0.15, -0.1) is 0 Å². The summed E-state index contributed by atoms with van der Waals surface area (Å²) in [6, 6.07) is 9.72. The van der Waals surface area contributed by atoms with Gasteiger partial charge in [0, 0.05) is 30.2 Å². The van der Waals surface area contributed by atoms with Crippen molar-refractivity contribution in [3.05, 3.63) is 83.5 Å². The molecule has 1 amide bonds. The van der Waals surface area contributed by atoms with Crippen molar-refractivity contribution >= 4 is 17.5 Å². The summed E-state index contributed by atoms with van der Waals surface area (Å²) >= 11 is 5.98. The molecule has 4 aromatic rings. The largest absolute Gasteiger partial charge is 0.351 e. The van der Waals surface area contributed by atoms with Gasteiger partial charge in [0.15, 0.2) is 0 Å². The van der Waals surface area contributed by atoms with Crippen LogP contribution in [0.25, 0.3) is 16.9 Å². The van der Waals surface area contributed by atoms with Gasteiger partial charge in [0.1, 0.15) is 17.4 Å². The summed E-state index contributed by atoms with van der Waals surface area (Å²) in [4.78, 5) is 20.8. The lowest BCUT2D eigenvalue weighted by Crippen LogP contribution is -2.36. The molecule has 1 aromatic carbocycles. The number of amides is 1. The van der Waals surface area contributed by atoms with Gasteiger partial charge >= 0.3 is 0 Å². The van der Waals surface area contributed by atoms with Crippen LogP contribution in [-0.4, -0.2) is 36.3 Å². The fourth-order valence-corrected chi connectivity index (χ4v) is 3.61. The predicted molar refractivity (Wildman–Crippen MR) is 120 cm³/mol. The molecule has 3 aromatic heterocycles. The third-order valence-electron chi connectivity index (χ3n) is 4.88. The number of hydrogen-bond donors (Lipinski definition) is 1.